The predicted octanol–water partition coefficient (Wildman–Crippen LogP) is 0.144. The molecule has 1 fully saturated rings. The van der Waals surface area contributed by atoms with E-state index in [0.29, 0.717) is 25.4 Å². The predicted molar refractivity (Wildman–Crippen MR) is 67.7 cm³/mol. The molecule has 0 radical (unpaired) electrons. The molecule has 0 aliphatic carbocycles. The number of carbonyl (C=O) groups excluding carboxylic acids is 1. The Bertz CT molecular complexity index is 467. The van der Waals surface area contributed by atoms with E-state index in [2.05, 4.69) is 10.6 Å². The average molecular weight is 268 g/mol. The normalized spacial score (nSPS) is 22.3. The summed E-state index contributed by atoms with van der Waals surface area (Å²) in [4.78, 5) is 11.8. The lowest BCUT2D eigenvalue weighted by atomic mass is 10.1. The first-order valence-corrected chi connectivity index (χ1v) is 6.12. The Morgan fingerprint density at radius 1 is 1.58 bits per heavy atom. The quantitative estimate of drug-likeness (QED) is 0.726. The summed E-state index contributed by atoms with van der Waals surface area (Å²) in [6.45, 7) is 1.49. The standard InChI is InChI=1S/C13H17FN2O3/c1-19-9-2-3-10(11(14)4-9)13(18)16-6-8-5-15-7-12(8)17/h2-4,8,12,15,17H,5-7H2,1H3,(H,16,18). The largest absolute Gasteiger partial charge is 0.497 e. The zero-order valence-electron chi connectivity index (χ0n) is 10.6. The minimum Gasteiger partial charge on any atom is -0.497 e. The lowest BCUT2D eigenvalue weighted by Gasteiger charge is -2.14. The molecule has 2 unspecified atom stereocenters. The molecular weight excluding hydrogens is 251 g/mol. The smallest absolute Gasteiger partial charge is 0.254 e. The van der Waals surface area contributed by atoms with E-state index in [9.17, 15) is 14.3 Å². The van der Waals surface area contributed by atoms with Crippen LogP contribution in [0, 0.1) is 11.7 Å². The van der Waals surface area contributed by atoms with Gasteiger partial charge in [0.05, 0.1) is 18.8 Å². The summed E-state index contributed by atoms with van der Waals surface area (Å²) < 4.78 is 18.5. The van der Waals surface area contributed by atoms with Crippen LogP contribution in [0.5, 0.6) is 5.75 Å². The van der Waals surface area contributed by atoms with Gasteiger partial charge in [0.25, 0.3) is 5.91 Å². The van der Waals surface area contributed by atoms with Crippen LogP contribution in [0.2, 0.25) is 0 Å². The number of β-amino-alcohol motifs (C(OH)–C–C–N with tert-alkyl or cyclic N) is 1. The highest BCUT2D eigenvalue weighted by molar-refractivity contribution is 5.94. The van der Waals surface area contributed by atoms with Gasteiger partial charge in [-0.25, -0.2) is 4.39 Å². The summed E-state index contributed by atoms with van der Waals surface area (Å²) >= 11 is 0. The number of methoxy groups -OCH3 is 1. The van der Waals surface area contributed by atoms with E-state index < -0.39 is 17.8 Å². The maximum absolute atomic E-state index is 13.7. The number of nitrogens with one attached hydrogen (secondary N) is 2. The van der Waals surface area contributed by atoms with Crippen molar-refractivity contribution in [3.63, 3.8) is 0 Å². The maximum atomic E-state index is 13.7. The third kappa shape index (κ3) is 3.21. The van der Waals surface area contributed by atoms with Crippen molar-refractivity contribution < 1.29 is 19.0 Å². The van der Waals surface area contributed by atoms with Crippen LogP contribution in [0.4, 0.5) is 4.39 Å². The Kier molecular flexibility index (Phi) is 4.34. The molecule has 2 rings (SSSR count). The molecule has 0 bridgehead atoms. The van der Waals surface area contributed by atoms with Crippen LogP contribution in [-0.4, -0.2) is 43.9 Å². The number of benzene rings is 1. The van der Waals surface area contributed by atoms with Gasteiger partial charge in [0.1, 0.15) is 11.6 Å². The SMILES string of the molecule is COc1ccc(C(=O)NCC2CNCC2O)c(F)c1. The number of aliphatic hydroxyl groups is 1. The first kappa shape index (κ1) is 13.8. The molecule has 0 aromatic heterocycles. The topological polar surface area (TPSA) is 70.6 Å². The van der Waals surface area contributed by atoms with Gasteiger partial charge < -0.3 is 20.5 Å². The van der Waals surface area contributed by atoms with E-state index in [1.54, 1.807) is 0 Å². The maximum Gasteiger partial charge on any atom is 0.254 e. The minimum absolute atomic E-state index is 0.0266. The number of halogens is 1. The fourth-order valence-corrected chi connectivity index (χ4v) is 2.05. The molecule has 19 heavy (non-hydrogen) atoms. The molecule has 1 saturated heterocycles. The zero-order chi connectivity index (χ0) is 13.8. The van der Waals surface area contributed by atoms with Crippen molar-refractivity contribution in [1.29, 1.82) is 0 Å². The number of amides is 1. The second kappa shape index (κ2) is 5.99. The Balaban J connectivity index is 1.96. The van der Waals surface area contributed by atoms with E-state index in [-0.39, 0.29) is 11.5 Å². The van der Waals surface area contributed by atoms with E-state index in [4.69, 9.17) is 4.74 Å². The molecule has 5 nitrogen and oxygen atoms in total. The number of hydrogen-bond donors (Lipinski definition) is 3. The summed E-state index contributed by atoms with van der Waals surface area (Å²) in [5.74, 6) is -0.782. The van der Waals surface area contributed by atoms with Crippen molar-refractivity contribution >= 4 is 5.91 Å². The van der Waals surface area contributed by atoms with Gasteiger partial charge in [-0.2, -0.15) is 0 Å². The number of ether oxygens (including phenoxy) is 1. The number of rotatable bonds is 4. The molecule has 1 aromatic rings. The van der Waals surface area contributed by atoms with Gasteiger partial charge in [-0.05, 0) is 12.1 Å². The Labute approximate surface area is 110 Å². The molecule has 3 N–H and O–H groups in total. The first-order chi connectivity index (χ1) is 9.11. The van der Waals surface area contributed by atoms with Gasteiger partial charge in [-0.3, -0.25) is 4.79 Å². The molecule has 104 valence electrons. The molecule has 6 heteroatoms. The van der Waals surface area contributed by atoms with Crippen LogP contribution in [-0.2, 0) is 0 Å². The highest BCUT2D eigenvalue weighted by atomic mass is 19.1. The van der Waals surface area contributed by atoms with Crippen LogP contribution in [0.3, 0.4) is 0 Å². The van der Waals surface area contributed by atoms with Gasteiger partial charge in [0.15, 0.2) is 0 Å². The zero-order valence-corrected chi connectivity index (χ0v) is 10.6. The summed E-state index contributed by atoms with van der Waals surface area (Å²) in [5.41, 5.74) is -0.0266. The Hall–Kier alpha value is -1.66. The monoisotopic (exact) mass is 268 g/mol. The fourth-order valence-electron chi connectivity index (χ4n) is 2.05. The minimum atomic E-state index is -0.623. The van der Waals surface area contributed by atoms with Crippen LogP contribution in [0.15, 0.2) is 18.2 Å². The molecule has 1 aromatic carbocycles. The third-order valence-corrected chi connectivity index (χ3v) is 3.25. The number of aliphatic hydroxyl groups excluding tert-OH is 1. The first-order valence-electron chi connectivity index (χ1n) is 6.12. The second-order valence-electron chi connectivity index (χ2n) is 4.54. The van der Waals surface area contributed by atoms with E-state index in [0.717, 1.165) is 0 Å². The molecule has 1 heterocycles. The second-order valence-corrected chi connectivity index (χ2v) is 4.54. The van der Waals surface area contributed by atoms with Crippen molar-refractivity contribution in [3.05, 3.63) is 29.6 Å². The molecule has 1 amide bonds. The molecular formula is C13H17FN2O3. The molecule has 1 aliphatic heterocycles. The van der Waals surface area contributed by atoms with E-state index in [1.807, 2.05) is 0 Å². The molecule has 1 aliphatic rings. The highest BCUT2D eigenvalue weighted by Crippen LogP contribution is 2.16. The van der Waals surface area contributed by atoms with Crippen molar-refractivity contribution in [2.75, 3.05) is 26.7 Å². The molecule has 0 spiro atoms. The Morgan fingerprint density at radius 2 is 2.37 bits per heavy atom. The molecule has 0 saturated carbocycles. The van der Waals surface area contributed by atoms with Crippen LogP contribution >= 0.6 is 0 Å². The fraction of sp³-hybridized carbons (Fsp3) is 0.462. The van der Waals surface area contributed by atoms with Gasteiger partial charge in [0, 0.05) is 31.6 Å². The lowest BCUT2D eigenvalue weighted by Crippen LogP contribution is -2.34. The van der Waals surface area contributed by atoms with Crippen LogP contribution in [0.1, 0.15) is 10.4 Å². The summed E-state index contributed by atoms with van der Waals surface area (Å²) in [6.07, 6.45) is -0.471. The highest BCUT2D eigenvalue weighted by Gasteiger charge is 2.25. The van der Waals surface area contributed by atoms with Crippen LogP contribution in [0.25, 0.3) is 0 Å². The summed E-state index contributed by atoms with van der Waals surface area (Å²) in [5, 5.41) is 15.2. The van der Waals surface area contributed by atoms with Crippen molar-refractivity contribution in [2.45, 2.75) is 6.10 Å². The molecule has 2 atom stereocenters. The summed E-state index contributed by atoms with van der Waals surface area (Å²) in [6, 6.07) is 4.08. The number of carbonyl (C=O) groups is 1. The van der Waals surface area contributed by atoms with Gasteiger partial charge in [-0.1, -0.05) is 0 Å². The van der Waals surface area contributed by atoms with Gasteiger partial charge in [0.2, 0.25) is 0 Å². The summed E-state index contributed by atoms with van der Waals surface area (Å²) in [7, 11) is 1.43. The lowest BCUT2D eigenvalue weighted by molar-refractivity contribution is 0.0923. The van der Waals surface area contributed by atoms with Gasteiger partial charge in [-0.15, -0.1) is 0 Å². The van der Waals surface area contributed by atoms with Gasteiger partial charge >= 0.3 is 0 Å². The van der Waals surface area contributed by atoms with E-state index >= 15 is 0 Å². The van der Waals surface area contributed by atoms with Crippen molar-refractivity contribution in [2.24, 2.45) is 5.92 Å². The average Bonchev–Trinajstić information content (AvgIpc) is 2.81. The number of hydrogen-bond acceptors (Lipinski definition) is 4. The third-order valence-electron chi connectivity index (χ3n) is 3.25. The Morgan fingerprint density at radius 3 is 2.95 bits per heavy atom. The van der Waals surface area contributed by atoms with Crippen molar-refractivity contribution in [1.82, 2.24) is 10.6 Å². The van der Waals surface area contributed by atoms with E-state index in [1.165, 1.54) is 25.3 Å². The van der Waals surface area contributed by atoms with Crippen LogP contribution < -0.4 is 15.4 Å². The van der Waals surface area contributed by atoms with Crippen molar-refractivity contribution in [3.8, 4) is 5.75 Å².